The van der Waals surface area contributed by atoms with Crippen LogP contribution in [0.1, 0.15) is 101 Å². The predicted molar refractivity (Wildman–Crippen MR) is 122 cm³/mol. The Hall–Kier alpha value is 0.0331. The zero-order valence-electron chi connectivity index (χ0n) is 20.3. The number of hydrogen-bond acceptors (Lipinski definition) is 0. The smallest absolute Gasteiger partial charge is 0.0511 e. The maximum absolute atomic E-state index is 2.37. The van der Waals surface area contributed by atoms with Gasteiger partial charge in [0.15, 0.2) is 0 Å². The molecule has 0 radical (unpaired) electrons. The summed E-state index contributed by atoms with van der Waals surface area (Å²) in [6, 6.07) is 9.45. The molecule has 0 atom stereocenters. The van der Waals surface area contributed by atoms with Crippen molar-refractivity contribution in [2.75, 3.05) is 0 Å². The number of fused-ring (bicyclic) bond motifs is 2. The van der Waals surface area contributed by atoms with Crippen LogP contribution in [0, 0.1) is 13.8 Å². The van der Waals surface area contributed by atoms with E-state index in [0.717, 1.165) is 0 Å². The summed E-state index contributed by atoms with van der Waals surface area (Å²) in [5, 5.41) is 0. The molecule has 3 heteroatoms. The van der Waals surface area contributed by atoms with Gasteiger partial charge in [-0.05, 0) is 0 Å². The molecular weight excluding hydrogens is 486 g/mol. The van der Waals surface area contributed by atoms with E-state index in [1.165, 1.54) is 52.9 Å². The van der Waals surface area contributed by atoms with Gasteiger partial charge < -0.3 is 24.8 Å². The average Bonchev–Trinajstić information content (AvgIpc) is 3.10. The minimum absolute atomic E-state index is 0. The topological polar surface area (TPSA) is 0 Å². The van der Waals surface area contributed by atoms with E-state index in [0.29, 0.717) is 10.8 Å². The third kappa shape index (κ3) is 8.18. The van der Waals surface area contributed by atoms with Gasteiger partial charge in [0.05, 0.1) is 0 Å². The summed E-state index contributed by atoms with van der Waals surface area (Å²) in [7, 11) is 0. The molecule has 168 valence electrons. The first-order valence-electron chi connectivity index (χ1n) is 11.0. The van der Waals surface area contributed by atoms with Crippen LogP contribution in [0.2, 0.25) is 0 Å². The van der Waals surface area contributed by atoms with Crippen LogP contribution >= 0.6 is 0 Å². The largest absolute Gasteiger partial charge is 1.00 e. The van der Waals surface area contributed by atoms with Crippen molar-refractivity contribution in [3.05, 3.63) is 57.6 Å². The molecule has 2 aliphatic carbocycles. The molecule has 30 heavy (non-hydrogen) atoms. The zero-order valence-corrected chi connectivity index (χ0v) is 24.3. The van der Waals surface area contributed by atoms with Crippen molar-refractivity contribution in [3.8, 4) is 0 Å². The number of rotatable bonds is 0. The van der Waals surface area contributed by atoms with E-state index in [9.17, 15) is 0 Å². The van der Waals surface area contributed by atoms with E-state index in [4.69, 9.17) is 0 Å². The summed E-state index contributed by atoms with van der Waals surface area (Å²) in [6.45, 7) is 18.1. The second kappa shape index (κ2) is 12.3. The Kier molecular flexibility index (Phi) is 12.3. The van der Waals surface area contributed by atoms with Gasteiger partial charge in [-0.1, -0.05) is 90.9 Å². The van der Waals surface area contributed by atoms with Crippen LogP contribution in [-0.4, -0.2) is 3.21 Å². The summed E-state index contributed by atoms with van der Waals surface area (Å²) in [4.78, 5) is 0. The van der Waals surface area contributed by atoms with Gasteiger partial charge in [-0.25, -0.2) is 12.1 Å². The van der Waals surface area contributed by atoms with Crippen LogP contribution in [0.3, 0.4) is 0 Å². The molecular formula is C27H40Cl2Zr-2. The standard InChI is InChI=1S/2C12H17.C3H6.2ClH.Zr/c2*1-9-7-10-5-4-6-12(2,3)11(10)8-9;1-3-2;;;/h2*7-8H,4-6H2,1-3H3;1-2H3;2*1H;/q2*-1;;;;+2/p-2. The van der Waals surface area contributed by atoms with Gasteiger partial charge in [0.2, 0.25) is 0 Å². The van der Waals surface area contributed by atoms with Crippen LogP contribution in [0.15, 0.2) is 24.3 Å². The molecule has 2 aromatic rings. The fourth-order valence-electron chi connectivity index (χ4n) is 4.81. The number of aryl methyl sites for hydroxylation is 4. The van der Waals surface area contributed by atoms with Gasteiger partial charge in [0.1, 0.15) is 0 Å². The Morgan fingerprint density at radius 2 is 1.07 bits per heavy atom. The van der Waals surface area contributed by atoms with Crippen LogP contribution in [0.4, 0.5) is 0 Å². The molecule has 0 nitrogen and oxygen atoms in total. The summed E-state index contributed by atoms with van der Waals surface area (Å²) in [6.07, 6.45) is 8.03. The van der Waals surface area contributed by atoms with E-state index in [1.807, 2.05) is 0 Å². The number of halogens is 2. The van der Waals surface area contributed by atoms with Gasteiger partial charge >= 0.3 is 41.3 Å². The van der Waals surface area contributed by atoms with Gasteiger partial charge in [0.25, 0.3) is 0 Å². The zero-order chi connectivity index (χ0) is 21.1. The monoisotopic (exact) mass is 524 g/mol. The summed E-state index contributed by atoms with van der Waals surface area (Å²) < 4.78 is 1.51. The van der Waals surface area contributed by atoms with Crippen LogP contribution in [0.25, 0.3) is 0 Å². The Labute approximate surface area is 213 Å². The van der Waals surface area contributed by atoms with E-state index < -0.39 is 0 Å². The van der Waals surface area contributed by atoms with E-state index in [2.05, 4.69) is 79.7 Å². The van der Waals surface area contributed by atoms with Crippen molar-refractivity contribution in [1.82, 2.24) is 0 Å². The average molecular weight is 527 g/mol. The first kappa shape index (κ1) is 30.0. The fraction of sp³-hybridized carbons (Fsp3) is 0.593. The van der Waals surface area contributed by atoms with Crippen molar-refractivity contribution in [2.45, 2.75) is 105 Å². The second-order valence-corrected chi connectivity index (χ2v) is 12.9. The molecule has 2 aliphatic rings. The van der Waals surface area contributed by atoms with Crippen molar-refractivity contribution >= 4 is 3.21 Å². The normalized spacial score (nSPS) is 17.4. The van der Waals surface area contributed by atoms with Crippen molar-refractivity contribution in [2.24, 2.45) is 0 Å². The molecule has 4 rings (SSSR count). The summed E-state index contributed by atoms with van der Waals surface area (Å²) in [5.74, 6) is 0. The Morgan fingerprint density at radius 3 is 1.33 bits per heavy atom. The van der Waals surface area contributed by atoms with Gasteiger partial charge in [0, 0.05) is 0 Å². The molecule has 0 saturated carbocycles. The second-order valence-electron chi connectivity index (χ2n) is 10.4. The van der Waals surface area contributed by atoms with Gasteiger partial charge in [-0.3, -0.25) is 0 Å². The first-order valence-corrected chi connectivity index (χ1v) is 12.2. The maximum atomic E-state index is 2.37. The van der Waals surface area contributed by atoms with Gasteiger partial charge in [-0.2, -0.15) is 45.5 Å². The molecule has 0 heterocycles. The fourth-order valence-corrected chi connectivity index (χ4v) is 4.81. The molecule has 2 aromatic carbocycles. The Bertz CT molecular complexity index is 739. The van der Waals surface area contributed by atoms with Crippen molar-refractivity contribution in [3.63, 3.8) is 0 Å². The van der Waals surface area contributed by atoms with E-state index >= 15 is 0 Å². The molecule has 0 unspecified atom stereocenters. The molecule has 0 bridgehead atoms. The SMILES string of the molecule is C[C](C)=[Zr+2].Cc1cc2c([cH-]1)CCCC2(C)C.Cc1cc2c([cH-]1)CCCC2(C)C.[Cl-].[Cl-]. The van der Waals surface area contributed by atoms with Gasteiger partial charge in [-0.15, -0.1) is 0 Å². The van der Waals surface area contributed by atoms with Crippen LogP contribution in [0.5, 0.6) is 0 Å². The molecule has 0 fully saturated rings. The Balaban J connectivity index is 0.000000452. The molecule has 0 amide bonds. The minimum Gasteiger partial charge on any atom is -1.00 e. The third-order valence-electron chi connectivity index (χ3n) is 6.19. The quantitative estimate of drug-likeness (QED) is 0.456. The van der Waals surface area contributed by atoms with Crippen LogP contribution < -0.4 is 24.8 Å². The summed E-state index contributed by atoms with van der Waals surface area (Å²) in [5.41, 5.74) is 10.2. The van der Waals surface area contributed by atoms with E-state index in [1.54, 1.807) is 46.5 Å². The van der Waals surface area contributed by atoms with Crippen molar-refractivity contribution in [1.29, 1.82) is 0 Å². The molecule has 0 saturated heterocycles. The summed E-state index contributed by atoms with van der Waals surface area (Å²) >= 11 is 1.55. The van der Waals surface area contributed by atoms with Crippen LogP contribution in [-0.2, 0) is 47.9 Å². The Morgan fingerprint density at radius 1 is 0.767 bits per heavy atom. The molecule has 0 aliphatic heterocycles. The third-order valence-corrected chi connectivity index (χ3v) is 6.19. The predicted octanol–water partition coefficient (Wildman–Crippen LogP) is 1.41. The molecule has 0 aromatic heterocycles. The van der Waals surface area contributed by atoms with E-state index in [-0.39, 0.29) is 24.8 Å². The first-order chi connectivity index (χ1) is 12.9. The number of hydrogen-bond donors (Lipinski definition) is 0. The molecule has 0 spiro atoms. The minimum atomic E-state index is 0. The van der Waals surface area contributed by atoms with Crippen molar-refractivity contribution < 1.29 is 49.0 Å². The molecule has 0 N–H and O–H groups in total. The maximum Gasteiger partial charge on any atom is -0.0511 e.